The summed E-state index contributed by atoms with van der Waals surface area (Å²) in [6.45, 7) is 5.90. The van der Waals surface area contributed by atoms with E-state index in [0.717, 1.165) is 36.7 Å². The number of amides is 1. The lowest BCUT2D eigenvalue weighted by Crippen LogP contribution is -2.33. The quantitative estimate of drug-likeness (QED) is 0.699. The van der Waals surface area contributed by atoms with E-state index in [0.29, 0.717) is 0 Å². The zero-order valence-corrected chi connectivity index (χ0v) is 17.2. The number of anilines is 1. The maximum absolute atomic E-state index is 12.8. The van der Waals surface area contributed by atoms with Crippen LogP contribution in [-0.2, 0) is 11.0 Å². The molecule has 1 aliphatic rings. The zero-order valence-electron chi connectivity index (χ0n) is 17.2. The molecule has 1 atom stereocenters. The minimum absolute atomic E-state index is 0.00725. The van der Waals surface area contributed by atoms with Gasteiger partial charge in [0, 0.05) is 18.8 Å². The lowest BCUT2D eigenvalue weighted by molar-refractivity contribution is -0.137. The highest BCUT2D eigenvalue weighted by molar-refractivity contribution is 5.78. The molecule has 1 saturated heterocycles. The number of carbonyl (C=O) groups is 1. The van der Waals surface area contributed by atoms with Gasteiger partial charge < -0.3 is 15.0 Å². The molecule has 3 rings (SSSR count). The van der Waals surface area contributed by atoms with Gasteiger partial charge in [-0.15, -0.1) is 0 Å². The molecule has 1 heterocycles. The Kier molecular flexibility index (Phi) is 6.90. The molecule has 4 nitrogen and oxygen atoms in total. The standard InChI is InChI=1S/C23H27F3N2O2/c1-16-10-12-28(13-11-16)20-8-6-18(7-9-20)17(2)27-22(29)15-30-21-5-3-4-19(14-21)23(24,25)26/h3-9,14,16-17H,10-13,15H2,1-2H3,(H,27,29)/t17-/m0/s1. The Hall–Kier alpha value is -2.70. The average molecular weight is 420 g/mol. The molecule has 0 bridgehead atoms. The third kappa shape index (κ3) is 5.90. The van der Waals surface area contributed by atoms with Crippen LogP contribution in [0.1, 0.15) is 43.9 Å². The van der Waals surface area contributed by atoms with E-state index < -0.39 is 17.6 Å². The van der Waals surface area contributed by atoms with Crippen LogP contribution in [0.4, 0.5) is 18.9 Å². The Morgan fingerprint density at radius 3 is 2.47 bits per heavy atom. The zero-order chi connectivity index (χ0) is 21.7. The molecular weight excluding hydrogens is 393 g/mol. The molecule has 1 aliphatic heterocycles. The molecule has 0 spiro atoms. The molecule has 30 heavy (non-hydrogen) atoms. The minimum Gasteiger partial charge on any atom is -0.484 e. The van der Waals surface area contributed by atoms with E-state index >= 15 is 0 Å². The highest BCUT2D eigenvalue weighted by Crippen LogP contribution is 2.31. The molecule has 7 heteroatoms. The molecular formula is C23H27F3N2O2. The van der Waals surface area contributed by atoms with E-state index in [-0.39, 0.29) is 18.4 Å². The van der Waals surface area contributed by atoms with Gasteiger partial charge in [0.25, 0.3) is 5.91 Å². The van der Waals surface area contributed by atoms with Gasteiger partial charge in [0.2, 0.25) is 0 Å². The summed E-state index contributed by atoms with van der Waals surface area (Å²) in [6.07, 6.45) is -2.06. The van der Waals surface area contributed by atoms with E-state index in [2.05, 4.69) is 29.3 Å². The van der Waals surface area contributed by atoms with Gasteiger partial charge in [-0.25, -0.2) is 0 Å². The predicted molar refractivity (Wildman–Crippen MR) is 111 cm³/mol. The van der Waals surface area contributed by atoms with Gasteiger partial charge in [0.1, 0.15) is 5.75 Å². The Balaban J connectivity index is 1.51. The van der Waals surface area contributed by atoms with E-state index in [1.54, 1.807) is 0 Å². The molecule has 2 aromatic carbocycles. The largest absolute Gasteiger partial charge is 0.484 e. The lowest BCUT2D eigenvalue weighted by Gasteiger charge is -2.32. The van der Waals surface area contributed by atoms with Crippen molar-refractivity contribution in [3.63, 3.8) is 0 Å². The maximum atomic E-state index is 12.8. The molecule has 1 amide bonds. The molecule has 1 fully saturated rings. The molecule has 0 radical (unpaired) electrons. The summed E-state index contributed by atoms with van der Waals surface area (Å²) in [5.41, 5.74) is 1.32. The fourth-order valence-corrected chi connectivity index (χ4v) is 3.52. The first kappa shape index (κ1) is 22.0. The lowest BCUT2D eigenvalue weighted by atomic mass is 9.98. The van der Waals surface area contributed by atoms with Crippen molar-refractivity contribution in [3.8, 4) is 5.75 Å². The average Bonchev–Trinajstić information content (AvgIpc) is 2.72. The molecule has 1 N–H and O–H groups in total. The van der Waals surface area contributed by atoms with Crippen LogP contribution in [0.2, 0.25) is 0 Å². The number of benzene rings is 2. The number of piperidine rings is 1. The maximum Gasteiger partial charge on any atom is 0.416 e. The molecule has 162 valence electrons. The fraction of sp³-hybridized carbons (Fsp3) is 0.435. The van der Waals surface area contributed by atoms with Crippen molar-refractivity contribution in [3.05, 3.63) is 59.7 Å². The minimum atomic E-state index is -4.45. The van der Waals surface area contributed by atoms with Crippen molar-refractivity contribution in [2.75, 3.05) is 24.6 Å². The van der Waals surface area contributed by atoms with Gasteiger partial charge in [-0.2, -0.15) is 13.2 Å². The third-order valence-electron chi connectivity index (χ3n) is 5.45. The summed E-state index contributed by atoms with van der Waals surface area (Å²) >= 11 is 0. The van der Waals surface area contributed by atoms with Crippen LogP contribution in [-0.4, -0.2) is 25.6 Å². The molecule has 2 aromatic rings. The van der Waals surface area contributed by atoms with Crippen LogP contribution in [0, 0.1) is 5.92 Å². The molecule has 0 unspecified atom stereocenters. The SMILES string of the molecule is CC1CCN(c2ccc([C@H](C)NC(=O)COc3cccc(C(F)(F)F)c3)cc2)CC1. The number of halogens is 3. The highest BCUT2D eigenvalue weighted by Gasteiger charge is 2.30. The Bertz CT molecular complexity index is 844. The predicted octanol–water partition coefficient (Wildman–Crippen LogP) is 5.20. The summed E-state index contributed by atoms with van der Waals surface area (Å²) in [5.74, 6) is 0.385. The smallest absolute Gasteiger partial charge is 0.416 e. The third-order valence-corrected chi connectivity index (χ3v) is 5.45. The molecule has 0 aliphatic carbocycles. The first-order valence-electron chi connectivity index (χ1n) is 10.2. The normalized spacial score (nSPS) is 16.2. The molecule has 0 saturated carbocycles. The van der Waals surface area contributed by atoms with Crippen molar-refractivity contribution in [2.24, 2.45) is 5.92 Å². The van der Waals surface area contributed by atoms with E-state index in [1.807, 2.05) is 19.1 Å². The van der Waals surface area contributed by atoms with Gasteiger partial charge in [-0.05, 0) is 61.6 Å². The second-order valence-electron chi connectivity index (χ2n) is 7.86. The van der Waals surface area contributed by atoms with E-state index in [1.165, 1.54) is 30.7 Å². The first-order chi connectivity index (χ1) is 14.2. The van der Waals surface area contributed by atoms with Crippen LogP contribution in [0.15, 0.2) is 48.5 Å². The first-order valence-corrected chi connectivity index (χ1v) is 10.2. The summed E-state index contributed by atoms with van der Waals surface area (Å²) in [7, 11) is 0. The number of carbonyl (C=O) groups excluding carboxylic acids is 1. The van der Waals surface area contributed by atoms with Crippen LogP contribution in [0.3, 0.4) is 0 Å². The Morgan fingerprint density at radius 2 is 1.83 bits per heavy atom. The van der Waals surface area contributed by atoms with Crippen molar-refractivity contribution in [1.29, 1.82) is 0 Å². The Morgan fingerprint density at radius 1 is 1.17 bits per heavy atom. The molecule has 0 aromatic heterocycles. The topological polar surface area (TPSA) is 41.6 Å². The number of alkyl halides is 3. The van der Waals surface area contributed by atoms with Gasteiger partial charge in [0.15, 0.2) is 6.61 Å². The fourth-order valence-electron chi connectivity index (χ4n) is 3.52. The number of nitrogens with zero attached hydrogens (tertiary/aromatic N) is 1. The van der Waals surface area contributed by atoms with Gasteiger partial charge in [-0.3, -0.25) is 4.79 Å². The number of hydrogen-bond acceptors (Lipinski definition) is 3. The number of nitrogens with one attached hydrogen (secondary N) is 1. The second-order valence-corrected chi connectivity index (χ2v) is 7.86. The number of ether oxygens (including phenoxy) is 1. The summed E-state index contributed by atoms with van der Waals surface area (Å²) in [4.78, 5) is 14.5. The second kappa shape index (κ2) is 9.41. The van der Waals surface area contributed by atoms with Crippen molar-refractivity contribution >= 4 is 11.6 Å². The van der Waals surface area contributed by atoms with Crippen molar-refractivity contribution in [2.45, 2.75) is 38.9 Å². The van der Waals surface area contributed by atoms with Crippen LogP contribution in [0.5, 0.6) is 5.75 Å². The van der Waals surface area contributed by atoms with Gasteiger partial charge in [0.05, 0.1) is 11.6 Å². The van der Waals surface area contributed by atoms with Gasteiger partial charge >= 0.3 is 6.18 Å². The monoisotopic (exact) mass is 420 g/mol. The van der Waals surface area contributed by atoms with Gasteiger partial charge in [-0.1, -0.05) is 25.1 Å². The summed E-state index contributed by atoms with van der Waals surface area (Å²) in [5, 5.41) is 2.82. The number of rotatable bonds is 6. The Labute approximate surface area is 175 Å². The van der Waals surface area contributed by atoms with Crippen LogP contribution in [0.25, 0.3) is 0 Å². The van der Waals surface area contributed by atoms with Crippen molar-refractivity contribution < 1.29 is 22.7 Å². The van der Waals surface area contributed by atoms with Crippen molar-refractivity contribution in [1.82, 2.24) is 5.32 Å². The summed E-state index contributed by atoms with van der Waals surface area (Å²) < 4.78 is 43.5. The summed E-state index contributed by atoms with van der Waals surface area (Å²) in [6, 6.07) is 12.4. The van der Waals surface area contributed by atoms with Crippen LogP contribution >= 0.6 is 0 Å². The van der Waals surface area contributed by atoms with E-state index in [4.69, 9.17) is 4.74 Å². The highest BCUT2D eigenvalue weighted by atomic mass is 19.4. The van der Waals surface area contributed by atoms with Crippen LogP contribution < -0.4 is 15.0 Å². The number of hydrogen-bond donors (Lipinski definition) is 1. The van der Waals surface area contributed by atoms with E-state index in [9.17, 15) is 18.0 Å².